The Kier molecular flexibility index (Phi) is 3.51. The molecule has 2 rings (SSSR count). The second kappa shape index (κ2) is 4.93. The smallest absolute Gasteiger partial charge is 0.326 e. The van der Waals surface area contributed by atoms with Crippen molar-refractivity contribution in [2.75, 3.05) is 11.4 Å². The number of nitrogens with zero attached hydrogens (tertiary/aromatic N) is 2. The van der Waals surface area contributed by atoms with Crippen LogP contribution in [0.25, 0.3) is 0 Å². The van der Waals surface area contributed by atoms with Gasteiger partial charge in [-0.25, -0.2) is 4.79 Å². The Hall–Kier alpha value is -1.63. The third-order valence-corrected chi connectivity index (χ3v) is 3.47. The first kappa shape index (κ1) is 12.8. The van der Waals surface area contributed by atoms with Crippen LogP contribution in [0, 0.1) is 10.1 Å². The van der Waals surface area contributed by atoms with Gasteiger partial charge < -0.3 is 10.0 Å². The molecule has 1 heterocycles. The minimum atomic E-state index is -0.943. The summed E-state index contributed by atoms with van der Waals surface area (Å²) in [4.78, 5) is 23.2. The average Bonchev–Trinajstić information content (AvgIpc) is 2.77. The molecule has 0 amide bonds. The van der Waals surface area contributed by atoms with Crippen molar-refractivity contribution in [3.63, 3.8) is 0 Å². The highest BCUT2D eigenvalue weighted by molar-refractivity contribution is 9.10. The lowest BCUT2D eigenvalue weighted by Crippen LogP contribution is -2.36. The third-order valence-electron chi connectivity index (χ3n) is 2.98. The molecule has 0 bridgehead atoms. The van der Waals surface area contributed by atoms with Gasteiger partial charge in [0.1, 0.15) is 11.7 Å². The lowest BCUT2D eigenvalue weighted by molar-refractivity contribution is -0.384. The van der Waals surface area contributed by atoms with Gasteiger partial charge in [-0.1, -0.05) is 15.9 Å². The summed E-state index contributed by atoms with van der Waals surface area (Å²) in [6.45, 7) is 0.522. The first-order valence-corrected chi connectivity index (χ1v) is 6.23. The number of hydrogen-bond donors (Lipinski definition) is 1. The van der Waals surface area contributed by atoms with Gasteiger partial charge in [0, 0.05) is 17.1 Å². The summed E-state index contributed by atoms with van der Waals surface area (Å²) >= 11 is 3.25. The Morgan fingerprint density at radius 1 is 1.56 bits per heavy atom. The van der Waals surface area contributed by atoms with E-state index < -0.39 is 16.9 Å². The first-order chi connectivity index (χ1) is 8.50. The highest BCUT2D eigenvalue weighted by Crippen LogP contribution is 2.35. The summed E-state index contributed by atoms with van der Waals surface area (Å²) in [7, 11) is 0. The molecule has 0 radical (unpaired) electrons. The first-order valence-electron chi connectivity index (χ1n) is 5.44. The molecule has 0 aromatic heterocycles. The topological polar surface area (TPSA) is 83.7 Å². The van der Waals surface area contributed by atoms with Gasteiger partial charge >= 0.3 is 5.97 Å². The van der Waals surface area contributed by atoms with E-state index in [2.05, 4.69) is 15.9 Å². The summed E-state index contributed by atoms with van der Waals surface area (Å²) in [5, 5.41) is 20.1. The fraction of sp³-hybridized carbons (Fsp3) is 0.364. The fourth-order valence-electron chi connectivity index (χ4n) is 2.19. The van der Waals surface area contributed by atoms with E-state index in [1.165, 1.54) is 6.07 Å². The lowest BCUT2D eigenvalue weighted by atomic mass is 10.2. The number of aliphatic carboxylic acids is 1. The van der Waals surface area contributed by atoms with Crippen LogP contribution in [0.4, 0.5) is 11.4 Å². The molecule has 0 spiro atoms. The molecule has 0 unspecified atom stereocenters. The van der Waals surface area contributed by atoms with Crippen molar-refractivity contribution in [1.29, 1.82) is 0 Å². The van der Waals surface area contributed by atoms with E-state index in [0.29, 0.717) is 23.1 Å². The lowest BCUT2D eigenvalue weighted by Gasteiger charge is -2.23. The molecule has 1 aromatic carbocycles. The number of benzene rings is 1. The SMILES string of the molecule is O=C(O)[C@H]1CCCN1c1cc(Br)ccc1[N+](=O)[O-]. The van der Waals surface area contributed by atoms with E-state index in [4.69, 9.17) is 5.11 Å². The minimum absolute atomic E-state index is 0.0636. The van der Waals surface area contributed by atoms with Crippen molar-refractivity contribution in [2.45, 2.75) is 18.9 Å². The Bertz CT molecular complexity index is 506. The number of carbonyl (C=O) groups is 1. The molecule has 96 valence electrons. The molecule has 0 aliphatic carbocycles. The molecular weight excluding hydrogens is 304 g/mol. The monoisotopic (exact) mass is 314 g/mol. The van der Waals surface area contributed by atoms with Crippen LogP contribution in [0.1, 0.15) is 12.8 Å². The normalized spacial score (nSPS) is 18.9. The largest absolute Gasteiger partial charge is 0.480 e. The zero-order valence-electron chi connectivity index (χ0n) is 9.38. The maximum atomic E-state index is 11.1. The maximum Gasteiger partial charge on any atom is 0.326 e. The number of nitro benzene ring substituents is 1. The molecule has 18 heavy (non-hydrogen) atoms. The fourth-order valence-corrected chi connectivity index (χ4v) is 2.54. The number of hydrogen-bond acceptors (Lipinski definition) is 4. The number of anilines is 1. The Morgan fingerprint density at radius 3 is 2.89 bits per heavy atom. The predicted molar refractivity (Wildman–Crippen MR) is 68.8 cm³/mol. The van der Waals surface area contributed by atoms with Gasteiger partial charge in [-0.3, -0.25) is 10.1 Å². The quantitative estimate of drug-likeness (QED) is 0.684. The molecule has 1 atom stereocenters. The van der Waals surface area contributed by atoms with Crippen LogP contribution in [0.15, 0.2) is 22.7 Å². The highest BCUT2D eigenvalue weighted by Gasteiger charge is 2.34. The molecular formula is C11H11BrN2O4. The molecule has 1 aliphatic heterocycles. The Morgan fingerprint density at radius 2 is 2.28 bits per heavy atom. The zero-order chi connectivity index (χ0) is 13.3. The number of halogens is 1. The van der Waals surface area contributed by atoms with Gasteiger partial charge in [-0.2, -0.15) is 0 Å². The van der Waals surface area contributed by atoms with Gasteiger partial charge in [0.15, 0.2) is 0 Å². The maximum absolute atomic E-state index is 11.1. The van der Waals surface area contributed by atoms with Crippen LogP contribution < -0.4 is 4.90 Å². The van der Waals surface area contributed by atoms with Crippen molar-refractivity contribution in [3.05, 3.63) is 32.8 Å². The Balaban J connectivity index is 2.46. The molecule has 1 N–H and O–H groups in total. The standard InChI is InChI=1S/C11H11BrN2O4/c12-7-3-4-8(14(17)18)10(6-7)13-5-1-2-9(13)11(15)16/h3-4,6,9H,1-2,5H2,(H,15,16)/t9-/m1/s1. The van der Waals surface area contributed by atoms with E-state index in [1.54, 1.807) is 17.0 Å². The number of nitro groups is 1. The molecule has 7 heteroatoms. The van der Waals surface area contributed by atoms with Crippen LogP contribution in [-0.4, -0.2) is 28.6 Å². The van der Waals surface area contributed by atoms with Crippen LogP contribution in [0.3, 0.4) is 0 Å². The van der Waals surface area contributed by atoms with Crippen molar-refractivity contribution in [2.24, 2.45) is 0 Å². The Labute approximate surface area is 111 Å². The van der Waals surface area contributed by atoms with Gasteiger partial charge in [0.2, 0.25) is 0 Å². The summed E-state index contributed by atoms with van der Waals surface area (Å²) in [5.74, 6) is -0.943. The summed E-state index contributed by atoms with van der Waals surface area (Å²) in [6.07, 6.45) is 1.24. The molecule has 1 fully saturated rings. The second-order valence-corrected chi connectivity index (χ2v) is 5.00. The van der Waals surface area contributed by atoms with Crippen molar-refractivity contribution < 1.29 is 14.8 Å². The molecule has 1 saturated heterocycles. The van der Waals surface area contributed by atoms with E-state index in [0.717, 1.165) is 6.42 Å². The third kappa shape index (κ3) is 2.31. The van der Waals surface area contributed by atoms with Crippen molar-refractivity contribution in [3.8, 4) is 0 Å². The molecule has 1 aromatic rings. The van der Waals surface area contributed by atoms with Crippen molar-refractivity contribution >= 4 is 33.3 Å². The van der Waals surface area contributed by atoms with Gasteiger partial charge in [0.05, 0.1) is 4.92 Å². The second-order valence-electron chi connectivity index (χ2n) is 4.08. The number of carboxylic acid groups (broad SMARTS) is 1. The van der Waals surface area contributed by atoms with Gasteiger partial charge in [0.25, 0.3) is 5.69 Å². The molecule has 0 saturated carbocycles. The van der Waals surface area contributed by atoms with Gasteiger partial charge in [-0.15, -0.1) is 0 Å². The number of carboxylic acids is 1. The summed E-state index contributed by atoms with van der Waals surface area (Å²) < 4.78 is 0.694. The number of rotatable bonds is 3. The van der Waals surface area contributed by atoms with Crippen LogP contribution in [-0.2, 0) is 4.79 Å². The summed E-state index contributed by atoms with van der Waals surface area (Å²) in [5.41, 5.74) is 0.297. The van der Waals surface area contributed by atoms with E-state index in [1.807, 2.05) is 0 Å². The molecule has 6 nitrogen and oxygen atoms in total. The highest BCUT2D eigenvalue weighted by atomic mass is 79.9. The van der Waals surface area contributed by atoms with Crippen LogP contribution in [0.2, 0.25) is 0 Å². The van der Waals surface area contributed by atoms with Crippen LogP contribution >= 0.6 is 15.9 Å². The van der Waals surface area contributed by atoms with Gasteiger partial charge in [-0.05, 0) is 25.0 Å². The van der Waals surface area contributed by atoms with E-state index in [-0.39, 0.29) is 5.69 Å². The average molecular weight is 315 g/mol. The van der Waals surface area contributed by atoms with E-state index >= 15 is 0 Å². The van der Waals surface area contributed by atoms with E-state index in [9.17, 15) is 14.9 Å². The summed E-state index contributed by atoms with van der Waals surface area (Å²) in [6, 6.07) is 3.88. The predicted octanol–water partition coefficient (Wildman–Crippen LogP) is 2.41. The minimum Gasteiger partial charge on any atom is -0.480 e. The zero-order valence-corrected chi connectivity index (χ0v) is 11.0. The van der Waals surface area contributed by atoms with Crippen molar-refractivity contribution in [1.82, 2.24) is 0 Å². The molecule has 1 aliphatic rings. The van der Waals surface area contributed by atoms with Crippen LogP contribution in [0.5, 0.6) is 0 Å².